The van der Waals surface area contributed by atoms with Crippen LogP contribution in [0.4, 0.5) is 73.9 Å². The van der Waals surface area contributed by atoms with Crippen molar-refractivity contribution in [2.75, 3.05) is 24.5 Å². The van der Waals surface area contributed by atoms with Crippen molar-refractivity contribution in [3.63, 3.8) is 0 Å². The predicted octanol–water partition coefficient (Wildman–Crippen LogP) is 23.3. The van der Waals surface area contributed by atoms with E-state index < -0.39 is 0 Å². The molecule has 0 atom stereocenters. The lowest BCUT2D eigenvalue weighted by atomic mass is 9.30. The number of benzene rings is 16. The van der Waals surface area contributed by atoms with Crippen molar-refractivity contribution in [2.24, 2.45) is 11.8 Å². The molecule has 0 spiro atoms. The van der Waals surface area contributed by atoms with E-state index in [2.05, 4.69) is 407 Å². The Bertz CT molecular complexity index is 6160. The van der Waals surface area contributed by atoms with Crippen LogP contribution in [0, 0.1) is 11.8 Å². The third-order valence-corrected chi connectivity index (χ3v) is 25.6. The molecule has 2 saturated heterocycles. The van der Waals surface area contributed by atoms with Gasteiger partial charge in [-0.3, -0.25) is 0 Å². The third kappa shape index (κ3) is 10.2. The molecule has 528 valence electrons. The second-order valence-corrected chi connectivity index (χ2v) is 31.7. The highest BCUT2D eigenvalue weighted by Crippen LogP contribution is 2.58. The lowest BCUT2D eigenvalue weighted by Crippen LogP contribution is -2.65. The van der Waals surface area contributed by atoms with Crippen LogP contribution in [-0.4, -0.2) is 25.5 Å². The van der Waals surface area contributed by atoms with E-state index in [1.54, 1.807) is 0 Å². The van der Waals surface area contributed by atoms with E-state index in [1.165, 1.54) is 121 Å². The summed E-state index contributed by atoms with van der Waals surface area (Å²) in [4.78, 5) is 13.8. The van der Waals surface area contributed by atoms with Crippen LogP contribution >= 0.6 is 0 Å². The number of para-hydroxylation sites is 6. The first kappa shape index (κ1) is 64.6. The van der Waals surface area contributed by atoms with Crippen LogP contribution in [0.5, 0.6) is 0 Å². The molecule has 24 rings (SSSR count). The molecule has 16 aromatic rings. The van der Waals surface area contributed by atoms with Gasteiger partial charge in [-0.05, 0) is 176 Å². The zero-order valence-corrected chi connectivity index (χ0v) is 62.1. The van der Waals surface area contributed by atoms with Crippen LogP contribution < -0.4 is 57.3 Å². The molecule has 0 unspecified atom stereocenters. The van der Waals surface area contributed by atoms with E-state index >= 15 is 0 Å². The van der Waals surface area contributed by atoms with Crippen LogP contribution in [0.15, 0.2) is 382 Å². The van der Waals surface area contributed by atoms with E-state index in [4.69, 9.17) is 0 Å². The molecule has 0 N–H and O–H groups in total. The summed E-state index contributed by atoms with van der Waals surface area (Å²) in [7, 11) is 0. The van der Waals surface area contributed by atoms with Gasteiger partial charge < -0.3 is 24.5 Å². The minimum atomic E-state index is -0.258. The Morgan fingerprint density at radius 1 is 0.196 bits per heavy atom. The molecule has 7 heteroatoms. The van der Waals surface area contributed by atoms with E-state index in [0.717, 1.165) is 107 Å². The van der Waals surface area contributed by atoms with E-state index in [1.807, 2.05) is 0 Å². The Morgan fingerprint density at radius 3 is 0.857 bits per heavy atom. The predicted molar refractivity (Wildman–Crippen MR) is 473 cm³/mol. The van der Waals surface area contributed by atoms with Crippen molar-refractivity contribution >= 4 is 120 Å². The summed E-state index contributed by atoms with van der Waals surface area (Å²) in [5.41, 5.74) is 39.1. The van der Waals surface area contributed by atoms with Crippen molar-refractivity contribution in [1.82, 2.24) is 0 Å². The minimum Gasteiger partial charge on any atom is -0.365 e. The van der Waals surface area contributed by atoms with Gasteiger partial charge >= 0.3 is 0 Å². The largest absolute Gasteiger partial charge is 0.365 e. The molecule has 16 aromatic carbocycles. The van der Waals surface area contributed by atoms with Gasteiger partial charge in [-0.15, -0.1) is 0 Å². The highest BCUT2D eigenvalue weighted by Gasteiger charge is 2.52. The van der Waals surface area contributed by atoms with Crippen molar-refractivity contribution in [1.29, 1.82) is 0 Å². The van der Waals surface area contributed by atoms with Crippen LogP contribution in [0.1, 0.15) is 32.1 Å². The number of hydrogen-bond acceptors (Lipinski definition) is 5. The maximum Gasteiger partial charge on any atom is 0.252 e. The van der Waals surface area contributed by atoms with Crippen molar-refractivity contribution in [2.45, 2.75) is 44.2 Å². The fraction of sp³-hybridized carbons (Fsp3) is 0.0857. The van der Waals surface area contributed by atoms with E-state index in [0.29, 0.717) is 12.1 Å². The molecule has 112 heavy (non-hydrogen) atoms. The summed E-state index contributed by atoms with van der Waals surface area (Å²) in [5.74, 6) is 1.57. The average molecular weight is 1430 g/mol. The first-order chi connectivity index (χ1) is 55.6. The lowest BCUT2D eigenvalue weighted by molar-refractivity contribution is 0.0900. The molecule has 0 amide bonds. The summed E-state index contributed by atoms with van der Waals surface area (Å²) in [5, 5.41) is 0. The molecule has 2 saturated carbocycles. The zero-order valence-electron chi connectivity index (χ0n) is 62.1. The Kier molecular flexibility index (Phi) is 15.1. The van der Waals surface area contributed by atoms with Gasteiger partial charge in [-0.2, -0.15) is 0 Å². The van der Waals surface area contributed by atoms with Crippen molar-refractivity contribution in [3.05, 3.63) is 382 Å². The fourth-order valence-electron chi connectivity index (χ4n) is 21.3. The van der Waals surface area contributed by atoms with Crippen molar-refractivity contribution in [3.8, 4) is 77.9 Å². The molecule has 2 aliphatic carbocycles. The smallest absolute Gasteiger partial charge is 0.252 e. The molecule has 5 nitrogen and oxygen atoms in total. The maximum atomic E-state index is 2.94. The molecular formula is C105H77B2N5. The molecule has 8 aliphatic rings. The molecule has 6 heterocycles. The molecule has 4 fully saturated rings. The summed E-state index contributed by atoms with van der Waals surface area (Å²) < 4.78 is 0. The zero-order chi connectivity index (χ0) is 73.5. The van der Waals surface area contributed by atoms with Crippen LogP contribution in [0.2, 0.25) is 0 Å². The van der Waals surface area contributed by atoms with Gasteiger partial charge in [-0.25, -0.2) is 0 Å². The number of fused-ring (bicyclic) bond motifs is 8. The Balaban J connectivity index is 0.868. The number of hydrogen-bond donors (Lipinski definition) is 0. The maximum absolute atomic E-state index is 2.94. The quantitative estimate of drug-likeness (QED) is 0.113. The number of nitrogens with zero attached hydrogens (tertiary/aromatic N) is 5. The molecule has 4 bridgehead atoms. The monoisotopic (exact) mass is 1430 g/mol. The average Bonchev–Trinajstić information content (AvgIpc) is 0.678. The summed E-state index contributed by atoms with van der Waals surface area (Å²) in [6, 6.07) is 146. The third-order valence-electron chi connectivity index (χ3n) is 25.6. The van der Waals surface area contributed by atoms with Crippen LogP contribution in [0.25, 0.3) is 77.9 Å². The normalized spacial score (nSPS) is 17.0. The highest BCUT2D eigenvalue weighted by atomic mass is 15.2. The van der Waals surface area contributed by atoms with E-state index in [-0.39, 0.29) is 13.4 Å². The molecule has 0 radical (unpaired) electrons. The van der Waals surface area contributed by atoms with Gasteiger partial charge in [0.2, 0.25) is 0 Å². The van der Waals surface area contributed by atoms with Crippen LogP contribution in [-0.2, 0) is 0 Å². The second-order valence-electron chi connectivity index (χ2n) is 31.7. The second kappa shape index (κ2) is 26.2. The Labute approximate surface area is 656 Å². The highest BCUT2D eigenvalue weighted by molar-refractivity contribution is 7.03. The topological polar surface area (TPSA) is 16.2 Å². The Hall–Kier alpha value is -13.4. The molecular weight excluding hydrogens is 1350 g/mol. The first-order valence-electron chi connectivity index (χ1n) is 40.1. The minimum absolute atomic E-state index is 0.211. The van der Waals surface area contributed by atoms with Gasteiger partial charge in [0.05, 0.1) is 17.1 Å². The summed E-state index contributed by atoms with van der Waals surface area (Å²) in [6.07, 6.45) is 6.37. The van der Waals surface area contributed by atoms with Gasteiger partial charge in [0.1, 0.15) is 0 Å². The molecule has 0 aromatic heterocycles. The standard InChI is InChI=1S/C105H77B2N5/c1-9-32-71(33-10-1)78-63-97-101-98(64-78)112(105-87(76-42-19-6-20-43-76)52-31-53-88(105)77-44-21-7-22-45-77)96-68-95-91(67-92(96)107(101)89-54-25-27-56-93(89)110(97)103-83(72-34-11-2-12-35-72)48-29-49-84(103)73-36-13-3-14-37-73)106-90-55-26-28-57-94(90)111(104-85(74-38-15-4-16-39-74)50-30-51-86(104)75-40-17-5-18-41-75)100-66-82(108-80-59-69-58-70(61-80)62-81(108)60-69)65-99(102(100)106)109(95)79-46-23-8-24-47-79/h1-57,63-70,80-81H,58-62H2. The molecule has 6 aliphatic heterocycles. The number of rotatable bonds is 12. The van der Waals surface area contributed by atoms with Gasteiger partial charge in [0, 0.05) is 102 Å². The van der Waals surface area contributed by atoms with Crippen molar-refractivity contribution < 1.29 is 0 Å². The van der Waals surface area contributed by atoms with Gasteiger partial charge in [0.15, 0.2) is 0 Å². The first-order valence-corrected chi connectivity index (χ1v) is 40.1. The summed E-state index contributed by atoms with van der Waals surface area (Å²) >= 11 is 0. The van der Waals surface area contributed by atoms with E-state index in [9.17, 15) is 0 Å². The van der Waals surface area contributed by atoms with Gasteiger partial charge in [0.25, 0.3) is 13.4 Å². The Morgan fingerprint density at radius 2 is 0.491 bits per heavy atom. The van der Waals surface area contributed by atoms with Gasteiger partial charge in [-0.1, -0.05) is 328 Å². The lowest BCUT2D eigenvalue weighted by Gasteiger charge is -2.58. The SMILES string of the molecule is c1ccc(-c2cc3c4c(c2)N(c2c(-c5ccccc5)cccc2-c2ccccc2)c2cc5c(cc2B4c2ccccc2N3c2c(-c3ccccc3)cccc2-c2ccccc2)B2c3ccccc3N(c3c(-c4ccccc4)cccc3-c3ccccc3)c3cc(N4C6CC7CC(C6)CC4C7)cc(c32)N5c2ccccc2)cc1. The number of piperidine rings is 2. The number of anilines is 13. The fourth-order valence-corrected chi connectivity index (χ4v) is 21.3. The summed E-state index contributed by atoms with van der Waals surface area (Å²) in [6.45, 7) is -0.469. The van der Waals surface area contributed by atoms with Crippen LogP contribution in [0.3, 0.4) is 0 Å².